The molecular weight excluding hydrogens is 388 g/mol. The Hall–Kier alpha value is -3.86. The van der Waals surface area contributed by atoms with Gasteiger partial charge in [0.25, 0.3) is 11.8 Å². The van der Waals surface area contributed by atoms with E-state index in [0.717, 1.165) is 16.9 Å². The molecule has 1 N–H and O–H groups in total. The van der Waals surface area contributed by atoms with Gasteiger partial charge in [0.1, 0.15) is 11.4 Å². The smallest absolute Gasteiger partial charge is 0.282 e. The average molecular weight is 412 g/mol. The number of aryl methyl sites for hydroxylation is 2. The summed E-state index contributed by atoms with van der Waals surface area (Å²) in [5.41, 5.74) is 4.56. The number of amides is 2. The summed E-state index contributed by atoms with van der Waals surface area (Å²) in [7, 11) is 0. The molecule has 0 fully saturated rings. The van der Waals surface area contributed by atoms with Crippen molar-refractivity contribution in [3.8, 4) is 5.75 Å². The summed E-state index contributed by atoms with van der Waals surface area (Å²) >= 11 is 0. The van der Waals surface area contributed by atoms with Crippen molar-refractivity contribution in [2.75, 3.05) is 16.8 Å². The summed E-state index contributed by atoms with van der Waals surface area (Å²) in [6, 6.07) is 22.3. The molecule has 1 aliphatic heterocycles. The van der Waals surface area contributed by atoms with Crippen LogP contribution in [0.25, 0.3) is 5.57 Å². The van der Waals surface area contributed by atoms with Crippen molar-refractivity contribution in [1.29, 1.82) is 0 Å². The van der Waals surface area contributed by atoms with Gasteiger partial charge in [-0.25, -0.2) is 4.90 Å². The second-order valence-electron chi connectivity index (χ2n) is 7.43. The van der Waals surface area contributed by atoms with Crippen LogP contribution in [-0.4, -0.2) is 18.4 Å². The summed E-state index contributed by atoms with van der Waals surface area (Å²) < 4.78 is 5.49. The number of rotatable bonds is 6. The van der Waals surface area contributed by atoms with E-state index in [9.17, 15) is 9.59 Å². The fourth-order valence-corrected chi connectivity index (χ4v) is 3.61. The van der Waals surface area contributed by atoms with Crippen LogP contribution in [0, 0.1) is 13.8 Å². The first-order chi connectivity index (χ1) is 15.0. The molecule has 0 atom stereocenters. The third kappa shape index (κ3) is 3.94. The van der Waals surface area contributed by atoms with Crippen molar-refractivity contribution in [2.45, 2.75) is 20.8 Å². The number of hydrogen-bond donors (Lipinski definition) is 1. The van der Waals surface area contributed by atoms with Gasteiger partial charge in [-0.1, -0.05) is 48.0 Å². The van der Waals surface area contributed by atoms with Crippen LogP contribution < -0.4 is 15.0 Å². The normalized spacial score (nSPS) is 13.7. The number of imide groups is 1. The molecule has 0 saturated carbocycles. The SMILES string of the molecule is CCOc1ccc(NC2=C(c3ccc(C)cc3)C(=O)N(c3ccccc3C)C2=O)cc1. The van der Waals surface area contributed by atoms with Crippen molar-refractivity contribution >= 4 is 28.8 Å². The first-order valence-corrected chi connectivity index (χ1v) is 10.2. The maximum Gasteiger partial charge on any atom is 0.282 e. The van der Waals surface area contributed by atoms with Crippen molar-refractivity contribution in [2.24, 2.45) is 0 Å². The van der Waals surface area contributed by atoms with E-state index in [-0.39, 0.29) is 17.5 Å². The molecule has 1 heterocycles. The van der Waals surface area contributed by atoms with Gasteiger partial charge >= 0.3 is 0 Å². The number of para-hydroxylation sites is 1. The lowest BCUT2D eigenvalue weighted by Crippen LogP contribution is -2.33. The van der Waals surface area contributed by atoms with Crippen molar-refractivity contribution in [1.82, 2.24) is 0 Å². The third-order valence-corrected chi connectivity index (χ3v) is 5.22. The predicted octanol–water partition coefficient (Wildman–Crippen LogP) is 5.10. The maximum absolute atomic E-state index is 13.5. The van der Waals surface area contributed by atoms with Crippen LogP contribution in [0.1, 0.15) is 23.6 Å². The minimum absolute atomic E-state index is 0.265. The second kappa shape index (κ2) is 8.48. The molecule has 2 amide bonds. The number of carbonyl (C=O) groups excluding carboxylic acids is 2. The molecule has 0 unspecified atom stereocenters. The predicted molar refractivity (Wildman–Crippen MR) is 123 cm³/mol. The van der Waals surface area contributed by atoms with Gasteiger partial charge in [-0.3, -0.25) is 9.59 Å². The Morgan fingerprint density at radius 3 is 2.16 bits per heavy atom. The third-order valence-electron chi connectivity index (χ3n) is 5.22. The Balaban J connectivity index is 1.78. The summed E-state index contributed by atoms with van der Waals surface area (Å²) in [6.07, 6.45) is 0. The van der Waals surface area contributed by atoms with Crippen LogP contribution in [-0.2, 0) is 9.59 Å². The standard InChI is InChI=1S/C26H24N2O3/c1-4-31-21-15-13-20(14-16-21)27-24-23(19-11-9-17(2)10-12-19)25(29)28(26(24)30)22-8-6-5-7-18(22)3/h5-16,27H,4H2,1-3H3. The summed E-state index contributed by atoms with van der Waals surface area (Å²) in [4.78, 5) is 28.2. The van der Waals surface area contributed by atoms with Crippen molar-refractivity contribution in [3.63, 3.8) is 0 Å². The van der Waals surface area contributed by atoms with E-state index >= 15 is 0 Å². The molecule has 5 heteroatoms. The highest BCUT2D eigenvalue weighted by molar-refractivity contribution is 6.46. The Morgan fingerprint density at radius 1 is 0.839 bits per heavy atom. The van der Waals surface area contributed by atoms with Gasteiger partial charge in [-0.2, -0.15) is 0 Å². The topological polar surface area (TPSA) is 58.6 Å². The van der Waals surface area contributed by atoms with E-state index < -0.39 is 0 Å². The highest BCUT2D eigenvalue weighted by Gasteiger charge is 2.40. The number of carbonyl (C=O) groups is 2. The monoisotopic (exact) mass is 412 g/mol. The second-order valence-corrected chi connectivity index (χ2v) is 7.43. The molecule has 4 rings (SSSR count). The van der Waals surface area contributed by atoms with Gasteiger partial charge in [-0.15, -0.1) is 0 Å². The zero-order valence-electron chi connectivity index (χ0n) is 17.8. The lowest BCUT2D eigenvalue weighted by molar-refractivity contribution is -0.120. The Kier molecular flexibility index (Phi) is 5.58. The number of ether oxygens (including phenoxy) is 1. The van der Waals surface area contributed by atoms with Gasteiger partial charge < -0.3 is 10.1 Å². The van der Waals surface area contributed by atoms with E-state index in [1.807, 2.05) is 87.5 Å². The number of anilines is 2. The Labute approximate surface area is 182 Å². The lowest BCUT2D eigenvalue weighted by Gasteiger charge is -2.17. The van der Waals surface area contributed by atoms with Crippen LogP contribution in [0.5, 0.6) is 5.75 Å². The molecule has 31 heavy (non-hydrogen) atoms. The van der Waals surface area contributed by atoms with Crippen molar-refractivity contribution < 1.29 is 14.3 Å². The zero-order valence-corrected chi connectivity index (χ0v) is 17.8. The van der Waals surface area contributed by atoms with Gasteiger partial charge in [-0.05, 0) is 62.2 Å². The van der Waals surface area contributed by atoms with Crippen LogP contribution in [0.3, 0.4) is 0 Å². The molecule has 3 aromatic rings. The van der Waals surface area contributed by atoms with Crippen molar-refractivity contribution in [3.05, 3.63) is 95.2 Å². The highest BCUT2D eigenvalue weighted by Crippen LogP contribution is 2.35. The molecule has 156 valence electrons. The molecule has 0 radical (unpaired) electrons. The van der Waals surface area contributed by atoms with Gasteiger partial charge in [0.2, 0.25) is 0 Å². The van der Waals surface area contributed by atoms with E-state index in [0.29, 0.717) is 29.1 Å². The fraction of sp³-hybridized carbons (Fsp3) is 0.154. The largest absolute Gasteiger partial charge is 0.494 e. The molecule has 1 aliphatic rings. The molecular formula is C26H24N2O3. The quantitative estimate of drug-likeness (QED) is 0.573. The summed E-state index contributed by atoms with van der Waals surface area (Å²) in [6.45, 7) is 6.37. The molecule has 0 saturated heterocycles. The van der Waals surface area contributed by atoms with Crippen LogP contribution >= 0.6 is 0 Å². The minimum atomic E-state index is -0.372. The lowest BCUT2D eigenvalue weighted by atomic mass is 10.0. The minimum Gasteiger partial charge on any atom is -0.494 e. The van der Waals surface area contributed by atoms with Gasteiger partial charge in [0.15, 0.2) is 0 Å². The first kappa shape index (κ1) is 20.4. The molecule has 0 spiro atoms. The fourth-order valence-electron chi connectivity index (χ4n) is 3.61. The summed E-state index contributed by atoms with van der Waals surface area (Å²) in [5.74, 6) is 0.0384. The zero-order chi connectivity index (χ0) is 22.0. The number of nitrogens with one attached hydrogen (secondary N) is 1. The van der Waals surface area contributed by atoms with E-state index in [1.54, 1.807) is 6.07 Å². The van der Waals surface area contributed by atoms with Gasteiger partial charge in [0.05, 0.1) is 17.9 Å². The van der Waals surface area contributed by atoms with Crippen LogP contribution in [0.15, 0.2) is 78.5 Å². The van der Waals surface area contributed by atoms with E-state index in [4.69, 9.17) is 4.74 Å². The first-order valence-electron chi connectivity index (χ1n) is 10.2. The molecule has 3 aromatic carbocycles. The maximum atomic E-state index is 13.5. The Morgan fingerprint density at radius 2 is 1.52 bits per heavy atom. The Bertz CT molecular complexity index is 1160. The van der Waals surface area contributed by atoms with Crippen LogP contribution in [0.2, 0.25) is 0 Å². The van der Waals surface area contributed by atoms with Gasteiger partial charge in [0, 0.05) is 5.69 Å². The molecule has 5 nitrogen and oxygen atoms in total. The number of benzene rings is 3. The molecule has 0 aromatic heterocycles. The highest BCUT2D eigenvalue weighted by atomic mass is 16.5. The number of hydrogen-bond acceptors (Lipinski definition) is 4. The molecule has 0 bridgehead atoms. The summed E-state index contributed by atoms with van der Waals surface area (Å²) in [5, 5.41) is 3.18. The van der Waals surface area contributed by atoms with E-state index in [2.05, 4.69) is 5.32 Å². The molecule has 0 aliphatic carbocycles. The average Bonchev–Trinajstić information content (AvgIpc) is 3.00. The van der Waals surface area contributed by atoms with Crippen LogP contribution in [0.4, 0.5) is 11.4 Å². The van der Waals surface area contributed by atoms with E-state index in [1.165, 1.54) is 4.90 Å². The number of nitrogens with zero attached hydrogens (tertiary/aromatic N) is 1.